The van der Waals surface area contributed by atoms with Gasteiger partial charge in [-0.15, -0.1) is 0 Å². The highest BCUT2D eigenvalue weighted by Crippen LogP contribution is 2.31. The van der Waals surface area contributed by atoms with E-state index in [1.165, 1.54) is 0 Å². The molecule has 0 bridgehead atoms. The van der Waals surface area contributed by atoms with E-state index in [1.807, 2.05) is 72.8 Å². The van der Waals surface area contributed by atoms with Crippen LogP contribution in [0.4, 0.5) is 0 Å². The number of aliphatic hydroxyl groups excluding tert-OH is 1. The lowest BCUT2D eigenvalue weighted by molar-refractivity contribution is 0.164. The van der Waals surface area contributed by atoms with E-state index in [0.717, 1.165) is 21.9 Å². The lowest BCUT2D eigenvalue weighted by atomic mass is 9.89. The quantitative estimate of drug-likeness (QED) is 0.778. The molecule has 0 unspecified atom stereocenters. The molecular formula is C19H15NO. The Hall–Kier alpha value is -2.63. The summed E-state index contributed by atoms with van der Waals surface area (Å²) in [5.41, 5.74) is 1.60. The first kappa shape index (κ1) is 13.4. The van der Waals surface area contributed by atoms with E-state index in [1.54, 1.807) is 0 Å². The Labute approximate surface area is 123 Å². The monoisotopic (exact) mass is 273 g/mol. The van der Waals surface area contributed by atoms with Crippen molar-refractivity contribution in [3.05, 3.63) is 83.9 Å². The van der Waals surface area contributed by atoms with Crippen molar-refractivity contribution in [3.8, 4) is 6.07 Å². The molecular weight excluding hydrogens is 258 g/mol. The second kappa shape index (κ2) is 5.78. The minimum Gasteiger partial charge on any atom is -0.387 e. The maximum atomic E-state index is 10.5. The van der Waals surface area contributed by atoms with Gasteiger partial charge in [-0.05, 0) is 28.0 Å². The largest absolute Gasteiger partial charge is 0.387 e. The van der Waals surface area contributed by atoms with Gasteiger partial charge in [-0.25, -0.2) is 0 Å². The van der Waals surface area contributed by atoms with Crippen LogP contribution in [0.5, 0.6) is 0 Å². The van der Waals surface area contributed by atoms with E-state index in [-0.39, 0.29) is 0 Å². The molecule has 21 heavy (non-hydrogen) atoms. The Balaban J connectivity index is 2.00. The molecule has 0 aromatic heterocycles. The van der Waals surface area contributed by atoms with Crippen molar-refractivity contribution in [3.63, 3.8) is 0 Å². The predicted molar refractivity (Wildman–Crippen MR) is 83.7 cm³/mol. The highest BCUT2D eigenvalue weighted by atomic mass is 16.3. The summed E-state index contributed by atoms with van der Waals surface area (Å²) in [6, 6.07) is 25.5. The molecule has 3 aromatic carbocycles. The molecule has 2 nitrogen and oxygen atoms in total. The maximum absolute atomic E-state index is 10.5. The number of rotatable bonds is 3. The van der Waals surface area contributed by atoms with Crippen molar-refractivity contribution in [2.24, 2.45) is 0 Å². The summed E-state index contributed by atoms with van der Waals surface area (Å²) >= 11 is 0. The molecule has 0 spiro atoms. The number of benzene rings is 3. The summed E-state index contributed by atoms with van der Waals surface area (Å²) in [6.07, 6.45) is -0.822. The minimum absolute atomic E-state index is 0.572. The van der Waals surface area contributed by atoms with Crippen LogP contribution in [0.15, 0.2) is 72.8 Å². The average Bonchev–Trinajstić information content (AvgIpc) is 2.56. The molecule has 3 aromatic rings. The second-order valence-corrected chi connectivity index (χ2v) is 5.07. The molecule has 2 heteroatoms. The standard InChI is InChI=1S/C19H15NO/c20-13-18(19(21)15-7-2-1-3-8-15)17-11-10-14-6-4-5-9-16(14)12-17/h1-12,18-19,21H/t18-,19+/m0/s1. The average molecular weight is 273 g/mol. The molecule has 0 fully saturated rings. The van der Waals surface area contributed by atoms with Crippen LogP contribution in [-0.2, 0) is 0 Å². The van der Waals surface area contributed by atoms with Gasteiger partial charge in [0.2, 0.25) is 0 Å². The van der Waals surface area contributed by atoms with Crippen molar-refractivity contribution in [1.29, 1.82) is 5.26 Å². The van der Waals surface area contributed by atoms with Gasteiger partial charge in [-0.1, -0.05) is 66.7 Å². The molecule has 0 heterocycles. The Morgan fingerprint density at radius 3 is 2.14 bits per heavy atom. The molecule has 1 N–H and O–H groups in total. The highest BCUT2D eigenvalue weighted by molar-refractivity contribution is 5.83. The zero-order valence-electron chi connectivity index (χ0n) is 11.5. The Morgan fingerprint density at radius 2 is 1.43 bits per heavy atom. The van der Waals surface area contributed by atoms with Crippen molar-refractivity contribution in [2.45, 2.75) is 12.0 Å². The second-order valence-electron chi connectivity index (χ2n) is 5.07. The van der Waals surface area contributed by atoms with Crippen molar-refractivity contribution in [1.82, 2.24) is 0 Å². The van der Waals surface area contributed by atoms with Gasteiger partial charge in [-0.3, -0.25) is 0 Å². The zero-order chi connectivity index (χ0) is 14.7. The van der Waals surface area contributed by atoms with E-state index in [4.69, 9.17) is 0 Å². The van der Waals surface area contributed by atoms with Gasteiger partial charge >= 0.3 is 0 Å². The first-order chi connectivity index (χ1) is 10.3. The third-order valence-corrected chi connectivity index (χ3v) is 3.73. The summed E-state index contributed by atoms with van der Waals surface area (Å²) in [4.78, 5) is 0. The van der Waals surface area contributed by atoms with E-state index >= 15 is 0 Å². The van der Waals surface area contributed by atoms with Crippen LogP contribution in [-0.4, -0.2) is 5.11 Å². The van der Waals surface area contributed by atoms with Crippen LogP contribution < -0.4 is 0 Å². The summed E-state index contributed by atoms with van der Waals surface area (Å²) in [7, 11) is 0. The number of nitriles is 1. The number of nitrogens with zero attached hydrogens (tertiary/aromatic N) is 1. The first-order valence-electron chi connectivity index (χ1n) is 6.91. The van der Waals surface area contributed by atoms with Crippen LogP contribution in [0.3, 0.4) is 0 Å². The Morgan fingerprint density at radius 1 is 0.762 bits per heavy atom. The third kappa shape index (κ3) is 2.65. The summed E-state index contributed by atoms with van der Waals surface area (Å²) in [6.45, 7) is 0. The molecule has 0 aliphatic rings. The van der Waals surface area contributed by atoms with Gasteiger partial charge in [0.25, 0.3) is 0 Å². The molecule has 0 saturated heterocycles. The fourth-order valence-electron chi connectivity index (χ4n) is 2.57. The lowest BCUT2D eigenvalue weighted by Gasteiger charge is -2.18. The number of hydrogen-bond donors (Lipinski definition) is 1. The Bertz CT molecular complexity index is 789. The molecule has 0 radical (unpaired) electrons. The van der Waals surface area contributed by atoms with E-state index in [0.29, 0.717) is 0 Å². The summed E-state index contributed by atoms with van der Waals surface area (Å²) in [5.74, 6) is -0.572. The minimum atomic E-state index is -0.822. The van der Waals surface area contributed by atoms with Crippen molar-refractivity contribution >= 4 is 10.8 Å². The number of aliphatic hydroxyl groups is 1. The lowest BCUT2D eigenvalue weighted by Crippen LogP contribution is -2.09. The smallest absolute Gasteiger partial charge is 0.101 e. The van der Waals surface area contributed by atoms with E-state index in [9.17, 15) is 10.4 Å². The SMILES string of the molecule is N#C[C@@H](c1ccc2ccccc2c1)[C@H](O)c1ccccc1. The van der Waals surface area contributed by atoms with E-state index in [2.05, 4.69) is 6.07 Å². The third-order valence-electron chi connectivity index (χ3n) is 3.73. The number of hydrogen-bond acceptors (Lipinski definition) is 2. The van der Waals surface area contributed by atoms with Gasteiger partial charge in [-0.2, -0.15) is 5.26 Å². The normalized spacial score (nSPS) is 13.5. The van der Waals surface area contributed by atoms with Gasteiger partial charge < -0.3 is 5.11 Å². The van der Waals surface area contributed by atoms with Crippen LogP contribution in [0.25, 0.3) is 10.8 Å². The van der Waals surface area contributed by atoms with Crippen LogP contribution in [0.2, 0.25) is 0 Å². The molecule has 0 amide bonds. The zero-order valence-corrected chi connectivity index (χ0v) is 11.5. The van der Waals surface area contributed by atoms with Gasteiger partial charge in [0, 0.05) is 0 Å². The molecule has 0 saturated carbocycles. The van der Waals surface area contributed by atoms with Crippen molar-refractivity contribution in [2.75, 3.05) is 0 Å². The fourth-order valence-corrected chi connectivity index (χ4v) is 2.57. The first-order valence-corrected chi connectivity index (χ1v) is 6.91. The van der Waals surface area contributed by atoms with Crippen LogP contribution in [0, 0.1) is 11.3 Å². The molecule has 2 atom stereocenters. The van der Waals surface area contributed by atoms with Crippen LogP contribution >= 0.6 is 0 Å². The summed E-state index contributed by atoms with van der Waals surface area (Å²) in [5, 5.41) is 22.2. The Kier molecular flexibility index (Phi) is 3.68. The number of fused-ring (bicyclic) bond motifs is 1. The van der Waals surface area contributed by atoms with Gasteiger partial charge in [0.05, 0.1) is 12.2 Å². The van der Waals surface area contributed by atoms with Crippen molar-refractivity contribution < 1.29 is 5.11 Å². The molecule has 3 rings (SSSR count). The molecule has 102 valence electrons. The van der Waals surface area contributed by atoms with Crippen LogP contribution in [0.1, 0.15) is 23.1 Å². The fraction of sp³-hybridized carbons (Fsp3) is 0.105. The topological polar surface area (TPSA) is 44.0 Å². The molecule has 0 aliphatic heterocycles. The highest BCUT2D eigenvalue weighted by Gasteiger charge is 2.22. The van der Waals surface area contributed by atoms with Gasteiger partial charge in [0.15, 0.2) is 0 Å². The predicted octanol–water partition coefficient (Wildman–Crippen LogP) is 4.18. The molecule has 0 aliphatic carbocycles. The van der Waals surface area contributed by atoms with E-state index < -0.39 is 12.0 Å². The van der Waals surface area contributed by atoms with Gasteiger partial charge in [0.1, 0.15) is 5.92 Å². The maximum Gasteiger partial charge on any atom is 0.101 e. The summed E-state index contributed by atoms with van der Waals surface area (Å²) < 4.78 is 0.